The molecule has 1 saturated carbocycles. The summed E-state index contributed by atoms with van der Waals surface area (Å²) in [7, 11) is 0. The summed E-state index contributed by atoms with van der Waals surface area (Å²) >= 11 is 0. The van der Waals surface area contributed by atoms with E-state index in [1.807, 2.05) is 6.07 Å². The number of benzene rings is 1. The minimum atomic E-state index is 0.687. The highest BCUT2D eigenvalue weighted by atomic mass is 15.2. The minimum absolute atomic E-state index is 0.687. The first-order valence-electron chi connectivity index (χ1n) is 7.20. The zero-order chi connectivity index (χ0) is 13.1. The average Bonchev–Trinajstić information content (AvgIpc) is 2.77. The van der Waals surface area contributed by atoms with Crippen LogP contribution in [0.15, 0.2) is 18.2 Å². The zero-order valence-electron chi connectivity index (χ0n) is 11.9. The maximum atomic E-state index is 6.00. The van der Waals surface area contributed by atoms with Crippen LogP contribution in [0.2, 0.25) is 0 Å². The molecular formula is C16H26N2. The predicted molar refractivity (Wildman–Crippen MR) is 80.0 cm³/mol. The fourth-order valence-corrected chi connectivity index (χ4v) is 3.03. The van der Waals surface area contributed by atoms with E-state index in [9.17, 15) is 0 Å². The van der Waals surface area contributed by atoms with Crippen LogP contribution in [0, 0.1) is 12.8 Å². The van der Waals surface area contributed by atoms with Gasteiger partial charge in [0.25, 0.3) is 0 Å². The number of anilines is 2. The van der Waals surface area contributed by atoms with E-state index in [2.05, 4.69) is 37.8 Å². The van der Waals surface area contributed by atoms with Crippen molar-refractivity contribution >= 4 is 11.4 Å². The Morgan fingerprint density at radius 3 is 2.44 bits per heavy atom. The molecule has 0 saturated heterocycles. The third-order valence-corrected chi connectivity index (χ3v) is 3.74. The first kappa shape index (κ1) is 13.3. The van der Waals surface area contributed by atoms with E-state index in [1.165, 1.54) is 36.9 Å². The normalized spacial score (nSPS) is 16.4. The van der Waals surface area contributed by atoms with Crippen LogP contribution < -0.4 is 10.6 Å². The Labute approximate surface area is 111 Å². The fraction of sp³-hybridized carbons (Fsp3) is 0.625. The lowest BCUT2D eigenvalue weighted by molar-refractivity contribution is 0.536. The maximum absolute atomic E-state index is 6.00. The van der Waals surface area contributed by atoms with E-state index in [-0.39, 0.29) is 0 Å². The van der Waals surface area contributed by atoms with Crippen LogP contribution in [0.5, 0.6) is 0 Å². The van der Waals surface area contributed by atoms with Crippen LogP contribution in [0.4, 0.5) is 11.4 Å². The third kappa shape index (κ3) is 3.18. The lowest BCUT2D eigenvalue weighted by Crippen LogP contribution is -2.36. The quantitative estimate of drug-likeness (QED) is 0.814. The van der Waals surface area contributed by atoms with E-state index >= 15 is 0 Å². The maximum Gasteiger partial charge on any atom is 0.0392 e. The highest BCUT2D eigenvalue weighted by Crippen LogP contribution is 2.30. The van der Waals surface area contributed by atoms with Crippen molar-refractivity contribution in [3.05, 3.63) is 23.8 Å². The van der Waals surface area contributed by atoms with Crippen LogP contribution >= 0.6 is 0 Å². The van der Waals surface area contributed by atoms with Gasteiger partial charge in [-0.1, -0.05) is 26.7 Å². The zero-order valence-corrected chi connectivity index (χ0v) is 11.9. The van der Waals surface area contributed by atoms with Crippen molar-refractivity contribution in [2.24, 2.45) is 5.92 Å². The van der Waals surface area contributed by atoms with Gasteiger partial charge in [-0.3, -0.25) is 0 Å². The van der Waals surface area contributed by atoms with Gasteiger partial charge in [-0.15, -0.1) is 0 Å². The fourth-order valence-electron chi connectivity index (χ4n) is 3.03. The highest BCUT2D eigenvalue weighted by molar-refractivity contribution is 5.59. The number of aryl methyl sites for hydroxylation is 1. The Kier molecular flexibility index (Phi) is 4.15. The van der Waals surface area contributed by atoms with Gasteiger partial charge < -0.3 is 10.6 Å². The molecule has 2 heteroatoms. The van der Waals surface area contributed by atoms with Gasteiger partial charge in [-0.05, 0) is 49.4 Å². The Hall–Kier alpha value is -1.18. The molecule has 100 valence electrons. The van der Waals surface area contributed by atoms with Crippen molar-refractivity contribution in [1.82, 2.24) is 0 Å². The second-order valence-electron chi connectivity index (χ2n) is 6.09. The monoisotopic (exact) mass is 246 g/mol. The van der Waals surface area contributed by atoms with Gasteiger partial charge in [0.1, 0.15) is 0 Å². The first-order chi connectivity index (χ1) is 8.56. The molecule has 0 spiro atoms. The Bertz CT molecular complexity index is 372. The summed E-state index contributed by atoms with van der Waals surface area (Å²) in [6.07, 6.45) is 5.42. The lowest BCUT2D eigenvalue weighted by Gasteiger charge is -2.33. The van der Waals surface area contributed by atoms with Crippen molar-refractivity contribution in [3.63, 3.8) is 0 Å². The van der Waals surface area contributed by atoms with Crippen LogP contribution in [0.3, 0.4) is 0 Å². The largest absolute Gasteiger partial charge is 0.399 e. The summed E-state index contributed by atoms with van der Waals surface area (Å²) in [5.74, 6) is 0.687. The van der Waals surface area contributed by atoms with Gasteiger partial charge in [-0.2, -0.15) is 0 Å². The molecule has 1 aromatic rings. The second-order valence-corrected chi connectivity index (χ2v) is 6.09. The second kappa shape index (κ2) is 5.64. The number of nitrogens with zero attached hydrogens (tertiary/aromatic N) is 1. The third-order valence-electron chi connectivity index (χ3n) is 3.74. The van der Waals surface area contributed by atoms with Gasteiger partial charge in [0, 0.05) is 24.0 Å². The predicted octanol–water partition coefficient (Wildman–Crippen LogP) is 3.98. The van der Waals surface area contributed by atoms with Crippen molar-refractivity contribution in [2.45, 2.75) is 52.5 Å². The van der Waals surface area contributed by atoms with E-state index in [0.29, 0.717) is 12.0 Å². The number of nitrogen functional groups attached to an aromatic ring is 1. The molecule has 1 aliphatic rings. The van der Waals surface area contributed by atoms with E-state index in [1.54, 1.807) is 0 Å². The van der Waals surface area contributed by atoms with Gasteiger partial charge in [0.05, 0.1) is 0 Å². The highest BCUT2D eigenvalue weighted by Gasteiger charge is 2.23. The Morgan fingerprint density at radius 1 is 1.22 bits per heavy atom. The molecule has 0 radical (unpaired) electrons. The number of hydrogen-bond donors (Lipinski definition) is 1. The molecule has 1 aromatic carbocycles. The van der Waals surface area contributed by atoms with Gasteiger partial charge in [0.2, 0.25) is 0 Å². The van der Waals surface area contributed by atoms with Crippen molar-refractivity contribution in [3.8, 4) is 0 Å². The molecule has 0 aromatic heterocycles. The van der Waals surface area contributed by atoms with Crippen LogP contribution in [-0.4, -0.2) is 12.6 Å². The summed E-state index contributed by atoms with van der Waals surface area (Å²) in [5, 5.41) is 0. The number of nitrogens with two attached hydrogens (primary N) is 1. The molecule has 1 fully saturated rings. The summed E-state index contributed by atoms with van der Waals surface area (Å²) < 4.78 is 0. The molecule has 0 aliphatic heterocycles. The van der Waals surface area contributed by atoms with E-state index < -0.39 is 0 Å². The molecule has 2 nitrogen and oxygen atoms in total. The van der Waals surface area contributed by atoms with Gasteiger partial charge >= 0.3 is 0 Å². The number of rotatable bonds is 4. The molecule has 0 atom stereocenters. The molecule has 0 heterocycles. The van der Waals surface area contributed by atoms with Gasteiger partial charge in [0.15, 0.2) is 0 Å². The number of hydrogen-bond acceptors (Lipinski definition) is 2. The first-order valence-corrected chi connectivity index (χ1v) is 7.20. The molecule has 18 heavy (non-hydrogen) atoms. The molecule has 2 N–H and O–H groups in total. The van der Waals surface area contributed by atoms with Crippen molar-refractivity contribution < 1.29 is 0 Å². The summed E-state index contributed by atoms with van der Waals surface area (Å²) in [6, 6.07) is 7.17. The molecule has 0 amide bonds. The average molecular weight is 246 g/mol. The van der Waals surface area contributed by atoms with E-state index in [0.717, 1.165) is 12.2 Å². The SMILES string of the molecule is Cc1cc(N)cc(N(CC(C)C)C2CCCC2)c1. The topological polar surface area (TPSA) is 29.3 Å². The Balaban J connectivity index is 2.26. The molecule has 2 rings (SSSR count). The van der Waals surface area contributed by atoms with Crippen molar-refractivity contribution in [1.29, 1.82) is 0 Å². The summed E-state index contributed by atoms with van der Waals surface area (Å²) in [4.78, 5) is 2.58. The van der Waals surface area contributed by atoms with Crippen LogP contribution in [0.1, 0.15) is 45.1 Å². The molecule has 0 bridgehead atoms. The molecular weight excluding hydrogens is 220 g/mol. The lowest BCUT2D eigenvalue weighted by atomic mass is 10.1. The summed E-state index contributed by atoms with van der Waals surface area (Å²) in [5.41, 5.74) is 9.46. The molecule has 0 unspecified atom stereocenters. The molecule has 1 aliphatic carbocycles. The smallest absolute Gasteiger partial charge is 0.0392 e. The minimum Gasteiger partial charge on any atom is -0.399 e. The van der Waals surface area contributed by atoms with Crippen LogP contribution in [0.25, 0.3) is 0 Å². The van der Waals surface area contributed by atoms with Gasteiger partial charge in [-0.25, -0.2) is 0 Å². The summed E-state index contributed by atoms with van der Waals surface area (Å²) in [6.45, 7) is 7.85. The van der Waals surface area contributed by atoms with Crippen molar-refractivity contribution in [2.75, 3.05) is 17.2 Å². The van der Waals surface area contributed by atoms with Crippen LogP contribution in [-0.2, 0) is 0 Å². The Morgan fingerprint density at radius 2 is 1.89 bits per heavy atom. The standard InChI is InChI=1S/C16H26N2/c1-12(2)11-18(15-6-4-5-7-15)16-9-13(3)8-14(17)10-16/h8-10,12,15H,4-7,11,17H2,1-3H3. The van der Waals surface area contributed by atoms with E-state index in [4.69, 9.17) is 5.73 Å².